The predicted octanol–water partition coefficient (Wildman–Crippen LogP) is 13.5. The van der Waals surface area contributed by atoms with E-state index < -0.39 is 0 Å². The molecule has 4 aromatic carbocycles. The van der Waals surface area contributed by atoms with Crippen molar-refractivity contribution in [3.05, 3.63) is 212 Å². The number of carbonyl (C=O) groups is 3. The minimum atomic E-state index is -0.214. The number of nitrogens with one attached hydrogen (secondary N) is 3. The highest BCUT2D eigenvalue weighted by Crippen LogP contribution is 2.43. The number of hydrogen-bond acceptors (Lipinski definition) is 27. The van der Waals surface area contributed by atoms with Gasteiger partial charge in [0.2, 0.25) is 29.6 Å². The number of likely N-dealkylation sites (N-methyl/N-ethyl adjacent to an activating group) is 1. The molecular weight excluding hydrogens is 1710 g/mol. The average Bonchev–Trinajstić information content (AvgIpc) is 1.60. The molecule has 6 bridgehead atoms. The van der Waals surface area contributed by atoms with Crippen LogP contribution < -0.4 is 66.4 Å². The van der Waals surface area contributed by atoms with E-state index in [-0.39, 0.29) is 54.2 Å². The maximum atomic E-state index is 13.6. The maximum absolute atomic E-state index is 13.6. The number of benzene rings is 4. The Morgan fingerprint density at radius 1 is 0.379 bits per heavy atom. The Balaban J connectivity index is 0.000000116. The van der Waals surface area contributed by atoms with E-state index >= 15 is 0 Å². The fraction of sp³-hybridized carbons (Fsp3) is 0.333. The number of hydrogen-bond donors (Lipinski definition) is 3. The molecule has 0 aliphatic carbocycles. The van der Waals surface area contributed by atoms with Crippen molar-refractivity contribution >= 4 is 162 Å². The van der Waals surface area contributed by atoms with Crippen LogP contribution in [0.1, 0.15) is 87.2 Å². The Bertz CT molecular complexity index is 6690. The molecule has 3 saturated heterocycles. The van der Waals surface area contributed by atoms with Crippen LogP contribution in [-0.2, 0) is 34.0 Å². The van der Waals surface area contributed by atoms with E-state index in [1.807, 2.05) is 89.9 Å². The lowest BCUT2D eigenvalue weighted by Crippen LogP contribution is -2.44. The van der Waals surface area contributed by atoms with Crippen molar-refractivity contribution in [3.8, 4) is 34.6 Å². The minimum absolute atomic E-state index is 0.0261. The van der Waals surface area contributed by atoms with Gasteiger partial charge in [-0.2, -0.15) is 15.0 Å². The number of pyridine rings is 2. The first-order chi connectivity index (χ1) is 64.6. The summed E-state index contributed by atoms with van der Waals surface area (Å²) in [6.07, 6.45) is 31.4. The zero-order valence-electron chi connectivity index (χ0n) is 73.2. The number of ether oxygens (including phenoxy) is 3. The molecular formula is C96H96N24O10S2. The predicted molar refractivity (Wildman–Crippen MR) is 512 cm³/mol. The van der Waals surface area contributed by atoms with E-state index in [0.717, 1.165) is 137 Å². The van der Waals surface area contributed by atoms with E-state index in [2.05, 4.69) is 135 Å². The van der Waals surface area contributed by atoms with Gasteiger partial charge in [-0.3, -0.25) is 28.8 Å². The second kappa shape index (κ2) is 35.2. The van der Waals surface area contributed by atoms with Crippen molar-refractivity contribution in [1.82, 2.24) is 82.7 Å². The van der Waals surface area contributed by atoms with Crippen LogP contribution in [0, 0.1) is 0 Å². The summed E-state index contributed by atoms with van der Waals surface area (Å²) in [4.78, 5) is 131. The van der Waals surface area contributed by atoms with Gasteiger partial charge in [-0.1, -0.05) is 42.5 Å². The molecule has 3 fully saturated rings. The van der Waals surface area contributed by atoms with E-state index in [9.17, 15) is 28.8 Å². The molecule has 24 rings (SSSR count). The fourth-order valence-electron chi connectivity index (χ4n) is 19.3. The number of thiophene rings is 2. The van der Waals surface area contributed by atoms with Gasteiger partial charge < -0.3 is 68.9 Å². The summed E-state index contributed by atoms with van der Waals surface area (Å²) in [7, 11) is 6.53. The van der Waals surface area contributed by atoms with Gasteiger partial charge >= 0.3 is 0 Å². The highest BCUT2D eigenvalue weighted by molar-refractivity contribution is 7.18. The molecule has 36 heteroatoms. The number of carbonyl (C=O) groups excluding carboxylic acids is 3. The summed E-state index contributed by atoms with van der Waals surface area (Å²) in [5.74, 6) is 3.39. The molecule has 0 spiro atoms. The quantitative estimate of drug-likeness (QED) is 0.113. The SMILES string of the molecule is CN1CCC(c2coc3cc(Nc4ncc5c(=O)n6n(c5n4)-c4cnc5c(c4)N(CCCC=CC6)C(=O)CO5)ccc23)CC1.CN1CCC(c2csc3cc(Nc4ncc5c(=O)n6n(c5n4)-c4ccc5c(c4)N(CCCC=CC6)C(=O)CO5)ccc23)CC1.CN1CCN(c2csc3cc(Nc4ncc5c(=O)n6n(c5n4)-c4cnc5c(c4)N(CCCC=CC6)C(=O)CO5)ccc23)CC1. The Hall–Kier alpha value is -14.2. The zero-order valence-corrected chi connectivity index (χ0v) is 74.8. The smallest absolute Gasteiger partial charge is 0.278 e. The van der Waals surface area contributed by atoms with Crippen LogP contribution in [0.2, 0.25) is 0 Å². The lowest BCUT2D eigenvalue weighted by molar-refractivity contribution is -0.122. The molecule has 9 aliphatic rings. The fourth-order valence-corrected chi connectivity index (χ4v) is 21.4. The number of aromatic nitrogens is 14. The standard InChI is InChI=1S/C33H33N7O3S.C32H32N8O4.C31H31N9O3S/c1-37-14-10-21(11-15-37)26-20-44-29-16-22(6-8-24(26)29)35-33-34-18-25-31(36-33)40-23-7-9-28-27(17-23)38(30(41)19-43-28)12-4-2-3-5-13-39(40)32(25)42;1-37-12-8-20(9-13-37)25-18-43-27-14-21(6-7-23(25)27)35-32-34-17-24-29(36-32)40-22-15-26-30(33-16-22)44-19-28(41)38(26)10-4-2-3-5-11-39(40)31(24)42;1-36-10-12-37(13-11-36)25-19-44-26-14-20(6-7-22(25)26)34-31-33-17-23-28(35-31)40-21-15-24-29(32-16-21)43-18-27(41)38(24)8-4-2-3-5-9-39(40)30(23)42/h3,5-9,16-18,20-21H,2,4,10-15,19H2,1H3,(H,34,35,36);3,5-7,14-18,20H,2,4,8-13,19H2,1H3,(H,34,35,36);3,5-7,14-17,19H,2,4,8-13,18H2,1H3,(H,33,34,35). The molecule has 0 atom stereocenters. The first-order valence-electron chi connectivity index (χ1n) is 45.1. The topological polar surface area (TPSA) is 335 Å². The van der Waals surface area contributed by atoms with Crippen LogP contribution in [-0.4, -0.2) is 213 Å². The number of anilines is 10. The van der Waals surface area contributed by atoms with Gasteiger partial charge in [-0.05, 0) is 212 Å². The van der Waals surface area contributed by atoms with Crippen LogP contribution >= 0.6 is 22.7 Å². The molecule has 132 heavy (non-hydrogen) atoms. The van der Waals surface area contributed by atoms with Gasteiger partial charge in [-0.15, -0.1) is 22.7 Å². The molecule has 3 N–H and O–H groups in total. The van der Waals surface area contributed by atoms with Crippen molar-refractivity contribution in [3.63, 3.8) is 0 Å². The minimum Gasteiger partial charge on any atom is -0.482 e. The lowest BCUT2D eigenvalue weighted by Gasteiger charge is -2.33. The van der Waals surface area contributed by atoms with E-state index in [4.69, 9.17) is 33.6 Å². The highest BCUT2D eigenvalue weighted by Gasteiger charge is 2.34. The molecule has 672 valence electrons. The van der Waals surface area contributed by atoms with Gasteiger partial charge in [0.25, 0.3) is 34.4 Å². The Labute approximate surface area is 763 Å². The molecule has 0 radical (unpaired) electrons. The number of nitrogens with zero attached hydrogens (tertiary/aromatic N) is 21. The van der Waals surface area contributed by atoms with Crippen molar-refractivity contribution in [2.45, 2.75) is 95.7 Å². The van der Waals surface area contributed by atoms with Gasteiger partial charge in [0.05, 0.1) is 66.7 Å². The summed E-state index contributed by atoms with van der Waals surface area (Å²) in [5.41, 5.74) is 11.9. The molecule has 11 aromatic heterocycles. The Morgan fingerprint density at radius 2 is 0.811 bits per heavy atom. The van der Waals surface area contributed by atoms with Crippen molar-refractivity contribution in [2.75, 3.05) is 149 Å². The number of piperidine rings is 2. The number of fused-ring (bicyclic) bond motifs is 18. The van der Waals surface area contributed by atoms with E-state index in [1.54, 1.807) is 91.8 Å². The van der Waals surface area contributed by atoms with Gasteiger partial charge in [0, 0.05) is 119 Å². The van der Waals surface area contributed by atoms with Crippen LogP contribution in [0.15, 0.2) is 188 Å². The summed E-state index contributed by atoms with van der Waals surface area (Å²) in [5, 5.41) is 19.5. The molecule has 20 heterocycles. The third kappa shape index (κ3) is 15.9. The van der Waals surface area contributed by atoms with Crippen molar-refractivity contribution in [1.29, 1.82) is 0 Å². The number of piperazine rings is 1. The Morgan fingerprint density at radius 3 is 1.33 bits per heavy atom. The Kier molecular flexibility index (Phi) is 22.3. The summed E-state index contributed by atoms with van der Waals surface area (Å²) >= 11 is 3.51. The first kappa shape index (κ1) is 83.4. The average molecular weight is 1810 g/mol. The highest BCUT2D eigenvalue weighted by atomic mass is 32.1. The maximum Gasteiger partial charge on any atom is 0.278 e. The van der Waals surface area contributed by atoms with Crippen LogP contribution in [0.25, 0.3) is 81.3 Å². The number of likely N-dealkylation sites (tertiary alicyclic amines) is 2. The van der Waals surface area contributed by atoms with Gasteiger partial charge in [0.15, 0.2) is 36.8 Å². The lowest BCUT2D eigenvalue weighted by atomic mass is 9.89. The largest absolute Gasteiger partial charge is 0.482 e. The molecule has 15 aromatic rings. The number of rotatable bonds is 9. The van der Waals surface area contributed by atoms with Gasteiger partial charge in [-0.25, -0.2) is 53.0 Å². The zero-order chi connectivity index (χ0) is 89.4. The van der Waals surface area contributed by atoms with Gasteiger partial charge in [0.1, 0.15) is 38.9 Å². The molecule has 3 amide bonds. The summed E-state index contributed by atoms with van der Waals surface area (Å²) in [6, 6.07) is 28.2. The molecule has 0 unspecified atom stereocenters. The third-order valence-corrected chi connectivity index (χ3v) is 28.3. The number of amides is 3. The van der Waals surface area contributed by atoms with Crippen LogP contribution in [0.4, 0.5) is 57.7 Å². The third-order valence-electron chi connectivity index (χ3n) is 26.4. The second-order valence-electron chi connectivity index (χ2n) is 34.9. The van der Waals surface area contributed by atoms with Crippen molar-refractivity contribution < 1.29 is 33.0 Å². The number of allylic oxidation sites excluding steroid dienone is 6. The monoisotopic (exact) mass is 1810 g/mol. The molecule has 9 aliphatic heterocycles. The van der Waals surface area contributed by atoms with Crippen molar-refractivity contribution in [2.24, 2.45) is 0 Å². The van der Waals surface area contributed by atoms with Crippen LogP contribution in [0.3, 0.4) is 0 Å². The van der Waals surface area contributed by atoms with E-state index in [0.29, 0.717) is 148 Å². The normalized spacial score (nSPS) is 17.6. The summed E-state index contributed by atoms with van der Waals surface area (Å²) < 4.78 is 35.6. The molecule has 34 nitrogen and oxygen atoms in total. The first-order valence-corrected chi connectivity index (χ1v) is 46.9. The van der Waals surface area contributed by atoms with E-state index in [1.165, 1.54) is 49.8 Å². The second-order valence-corrected chi connectivity index (χ2v) is 36.7. The number of furan rings is 1. The van der Waals surface area contributed by atoms with Crippen LogP contribution in [0.5, 0.6) is 17.5 Å². The molecule has 0 saturated carbocycles. The summed E-state index contributed by atoms with van der Waals surface area (Å²) in [6.45, 7) is 11.4.